The first-order valence-corrected chi connectivity index (χ1v) is 10.9. The Hall–Kier alpha value is -3.32. The number of aliphatic hydroxyl groups excluding tert-OH is 1. The van der Waals surface area contributed by atoms with Crippen molar-refractivity contribution in [3.8, 4) is 12.3 Å². The molecule has 0 saturated carbocycles. The van der Waals surface area contributed by atoms with E-state index >= 15 is 0 Å². The second-order valence-corrected chi connectivity index (χ2v) is 8.95. The highest BCUT2D eigenvalue weighted by Crippen LogP contribution is 2.36. The molecule has 2 aromatic carbocycles. The number of nitrogens with one attached hydrogen (secondary N) is 2. The van der Waals surface area contributed by atoms with Gasteiger partial charge in [-0.05, 0) is 56.9 Å². The maximum atomic E-state index is 12.3. The van der Waals surface area contributed by atoms with Crippen molar-refractivity contribution in [3.05, 3.63) is 59.2 Å². The standard InChI is InChI=1S/C25H29BN2O6/c1-6-13-27-22(30)18-9-12-21(19(14-18)15-29)28-23(31)32-16-17-7-10-20(11-8-17)26-33-24(2,3)25(4,5)34-26/h1,7-12,14,29H,13,15-16H2,2-5H3,(H,27,30)(H,28,31). The first kappa shape index (κ1) is 25.3. The number of carbonyl (C=O) groups is 2. The van der Waals surface area contributed by atoms with Crippen molar-refractivity contribution in [1.29, 1.82) is 0 Å². The molecule has 3 N–H and O–H groups in total. The summed E-state index contributed by atoms with van der Waals surface area (Å²) in [6.45, 7) is 7.77. The van der Waals surface area contributed by atoms with Gasteiger partial charge in [-0.25, -0.2) is 4.79 Å². The summed E-state index contributed by atoms with van der Waals surface area (Å²) in [5.74, 6) is 1.95. The van der Waals surface area contributed by atoms with Gasteiger partial charge in [-0.15, -0.1) is 6.42 Å². The van der Waals surface area contributed by atoms with Crippen LogP contribution in [0.25, 0.3) is 0 Å². The van der Waals surface area contributed by atoms with Crippen molar-refractivity contribution in [3.63, 3.8) is 0 Å². The highest BCUT2D eigenvalue weighted by molar-refractivity contribution is 6.62. The number of carbonyl (C=O) groups excluding carboxylic acids is 2. The number of anilines is 1. The number of amides is 2. The summed E-state index contributed by atoms with van der Waals surface area (Å²) >= 11 is 0. The van der Waals surface area contributed by atoms with E-state index < -0.39 is 24.4 Å². The lowest BCUT2D eigenvalue weighted by molar-refractivity contribution is 0.00578. The van der Waals surface area contributed by atoms with E-state index in [0.717, 1.165) is 11.0 Å². The molecule has 1 fully saturated rings. The van der Waals surface area contributed by atoms with Gasteiger partial charge >= 0.3 is 13.2 Å². The Morgan fingerprint density at radius 2 is 1.74 bits per heavy atom. The van der Waals surface area contributed by atoms with Crippen LogP contribution in [0.15, 0.2) is 42.5 Å². The number of hydrogen-bond acceptors (Lipinski definition) is 6. The molecule has 1 aliphatic heterocycles. The maximum absolute atomic E-state index is 12.3. The minimum Gasteiger partial charge on any atom is -0.444 e. The van der Waals surface area contributed by atoms with E-state index in [0.29, 0.717) is 16.8 Å². The van der Waals surface area contributed by atoms with E-state index in [1.165, 1.54) is 18.2 Å². The summed E-state index contributed by atoms with van der Waals surface area (Å²) in [7, 11) is -0.461. The van der Waals surface area contributed by atoms with Crippen molar-refractivity contribution < 1.29 is 28.7 Å². The summed E-state index contributed by atoms with van der Waals surface area (Å²) in [5.41, 5.74) is 1.86. The molecule has 1 heterocycles. The third kappa shape index (κ3) is 5.78. The highest BCUT2D eigenvalue weighted by atomic mass is 16.7. The van der Waals surface area contributed by atoms with Crippen molar-refractivity contribution in [2.24, 2.45) is 0 Å². The second kappa shape index (κ2) is 10.3. The zero-order valence-corrected chi connectivity index (χ0v) is 19.8. The van der Waals surface area contributed by atoms with Crippen LogP contribution in [0.1, 0.15) is 49.2 Å². The number of hydrogen-bond donors (Lipinski definition) is 3. The molecule has 0 unspecified atom stereocenters. The molecule has 1 aliphatic rings. The van der Waals surface area contributed by atoms with Crippen LogP contribution in [0, 0.1) is 12.3 Å². The van der Waals surface area contributed by atoms with Crippen LogP contribution in [-0.4, -0.2) is 42.0 Å². The molecular weight excluding hydrogens is 435 g/mol. The van der Waals surface area contributed by atoms with E-state index in [1.807, 2.05) is 52.0 Å². The molecular formula is C25H29BN2O6. The van der Waals surface area contributed by atoms with Crippen LogP contribution in [-0.2, 0) is 27.3 Å². The molecule has 2 amide bonds. The Bertz CT molecular complexity index is 1080. The SMILES string of the molecule is C#CCNC(=O)c1ccc(NC(=O)OCc2ccc(B3OC(C)(C)C(C)(C)O3)cc2)c(CO)c1. The maximum Gasteiger partial charge on any atom is 0.494 e. The first-order valence-electron chi connectivity index (χ1n) is 10.9. The Morgan fingerprint density at radius 3 is 2.32 bits per heavy atom. The molecule has 0 radical (unpaired) electrons. The number of rotatable bonds is 7. The van der Waals surface area contributed by atoms with E-state index in [9.17, 15) is 14.7 Å². The summed E-state index contributed by atoms with van der Waals surface area (Å²) in [6, 6.07) is 12.0. The molecule has 0 atom stereocenters. The molecule has 8 nitrogen and oxygen atoms in total. The van der Waals surface area contributed by atoms with Gasteiger partial charge in [0, 0.05) is 16.8 Å². The molecule has 9 heteroatoms. The van der Waals surface area contributed by atoms with Gasteiger partial charge in [0.1, 0.15) is 6.61 Å². The lowest BCUT2D eigenvalue weighted by Gasteiger charge is -2.32. The predicted molar refractivity (Wildman–Crippen MR) is 129 cm³/mol. The Balaban J connectivity index is 1.56. The van der Waals surface area contributed by atoms with Crippen molar-refractivity contribution in [2.75, 3.05) is 11.9 Å². The van der Waals surface area contributed by atoms with Gasteiger partial charge in [-0.1, -0.05) is 30.2 Å². The number of aliphatic hydroxyl groups is 1. The van der Waals surface area contributed by atoms with Gasteiger partial charge in [0.15, 0.2) is 0 Å². The van der Waals surface area contributed by atoms with Crippen molar-refractivity contribution in [1.82, 2.24) is 5.32 Å². The summed E-state index contributed by atoms with van der Waals surface area (Å²) < 4.78 is 17.4. The van der Waals surface area contributed by atoms with E-state index in [1.54, 1.807) is 0 Å². The van der Waals surface area contributed by atoms with Crippen LogP contribution in [0.2, 0.25) is 0 Å². The molecule has 0 aromatic heterocycles. The van der Waals surface area contributed by atoms with Crippen LogP contribution < -0.4 is 16.1 Å². The van der Waals surface area contributed by atoms with Gasteiger partial charge in [0.2, 0.25) is 0 Å². The minimum atomic E-state index is -0.686. The fourth-order valence-corrected chi connectivity index (χ4v) is 3.27. The number of terminal acetylenes is 1. The normalized spacial score (nSPS) is 15.9. The molecule has 178 valence electrons. The number of benzene rings is 2. The van der Waals surface area contributed by atoms with Crippen LogP contribution in [0.5, 0.6) is 0 Å². The van der Waals surface area contributed by atoms with E-state index in [2.05, 4.69) is 16.6 Å². The zero-order chi connectivity index (χ0) is 24.9. The van der Waals surface area contributed by atoms with Crippen LogP contribution in [0.3, 0.4) is 0 Å². The molecule has 0 spiro atoms. The first-order chi connectivity index (χ1) is 16.1. The van der Waals surface area contributed by atoms with Crippen molar-refractivity contribution >= 4 is 30.3 Å². The van der Waals surface area contributed by atoms with Gasteiger partial charge in [0.25, 0.3) is 5.91 Å². The van der Waals surface area contributed by atoms with Crippen LogP contribution in [0.4, 0.5) is 10.5 Å². The number of ether oxygens (including phenoxy) is 1. The molecule has 2 aromatic rings. The summed E-state index contributed by atoms with van der Waals surface area (Å²) in [6.07, 6.45) is 4.45. The van der Waals surface area contributed by atoms with E-state index in [4.69, 9.17) is 20.5 Å². The fraction of sp³-hybridized carbons (Fsp3) is 0.360. The largest absolute Gasteiger partial charge is 0.494 e. The van der Waals surface area contributed by atoms with Crippen LogP contribution >= 0.6 is 0 Å². The Labute approximate surface area is 200 Å². The topological polar surface area (TPSA) is 106 Å². The average Bonchev–Trinajstić information content (AvgIpc) is 3.03. The lowest BCUT2D eigenvalue weighted by Crippen LogP contribution is -2.41. The van der Waals surface area contributed by atoms with Gasteiger partial charge < -0.3 is 24.5 Å². The Kier molecular flexibility index (Phi) is 7.67. The fourth-order valence-electron chi connectivity index (χ4n) is 3.27. The van der Waals surface area contributed by atoms with Gasteiger partial charge in [-0.3, -0.25) is 10.1 Å². The average molecular weight is 464 g/mol. The molecule has 0 aliphatic carbocycles. The van der Waals surface area contributed by atoms with Gasteiger partial charge in [0.05, 0.1) is 24.4 Å². The highest BCUT2D eigenvalue weighted by Gasteiger charge is 2.51. The molecule has 1 saturated heterocycles. The third-order valence-corrected chi connectivity index (χ3v) is 6.00. The quantitative estimate of drug-likeness (QED) is 0.430. The van der Waals surface area contributed by atoms with Crippen molar-refractivity contribution in [2.45, 2.75) is 52.1 Å². The Morgan fingerprint density at radius 1 is 1.09 bits per heavy atom. The second-order valence-electron chi connectivity index (χ2n) is 8.95. The lowest BCUT2D eigenvalue weighted by atomic mass is 9.79. The minimum absolute atomic E-state index is 0.0521. The van der Waals surface area contributed by atoms with E-state index in [-0.39, 0.29) is 25.7 Å². The molecule has 3 rings (SSSR count). The predicted octanol–water partition coefficient (Wildman–Crippen LogP) is 2.59. The summed E-state index contributed by atoms with van der Waals surface area (Å²) in [5, 5.41) is 14.8. The monoisotopic (exact) mass is 464 g/mol. The summed E-state index contributed by atoms with van der Waals surface area (Å²) in [4.78, 5) is 24.3. The molecule has 34 heavy (non-hydrogen) atoms. The van der Waals surface area contributed by atoms with Gasteiger partial charge in [-0.2, -0.15) is 0 Å². The molecule has 0 bridgehead atoms. The smallest absolute Gasteiger partial charge is 0.444 e. The third-order valence-electron chi connectivity index (χ3n) is 6.00. The zero-order valence-electron chi connectivity index (χ0n) is 19.8.